The van der Waals surface area contributed by atoms with E-state index in [1.165, 1.54) is 25.7 Å². The number of hydrogen-bond acceptors (Lipinski definition) is 2. The Morgan fingerprint density at radius 2 is 1.72 bits per heavy atom. The SMILES string of the molecule is CCCCC(CCC)NC(C)C(=O)NCC(C)C. The normalized spacial score (nSPS) is 14.6. The largest absolute Gasteiger partial charge is 0.354 e. The third-order valence-electron chi connectivity index (χ3n) is 3.11. The van der Waals surface area contributed by atoms with Crippen LogP contribution in [0.5, 0.6) is 0 Å². The molecule has 1 amide bonds. The standard InChI is InChI=1S/C15H32N2O/c1-6-8-10-14(9-7-2)17-13(5)15(18)16-11-12(3)4/h12-14,17H,6-11H2,1-5H3,(H,16,18). The molecule has 0 aromatic heterocycles. The summed E-state index contributed by atoms with van der Waals surface area (Å²) in [6.07, 6.45) is 5.95. The summed E-state index contributed by atoms with van der Waals surface area (Å²) >= 11 is 0. The van der Waals surface area contributed by atoms with Gasteiger partial charge in [-0.05, 0) is 25.7 Å². The fourth-order valence-corrected chi connectivity index (χ4v) is 2.00. The fraction of sp³-hybridized carbons (Fsp3) is 0.933. The number of unbranched alkanes of at least 4 members (excludes halogenated alkanes) is 1. The maximum absolute atomic E-state index is 11.9. The minimum atomic E-state index is -0.0860. The Morgan fingerprint density at radius 1 is 1.06 bits per heavy atom. The van der Waals surface area contributed by atoms with Crippen LogP contribution in [0.15, 0.2) is 0 Å². The highest BCUT2D eigenvalue weighted by atomic mass is 16.2. The van der Waals surface area contributed by atoms with Crippen LogP contribution in [0.1, 0.15) is 66.7 Å². The molecule has 0 spiro atoms. The lowest BCUT2D eigenvalue weighted by Gasteiger charge is -2.23. The second-order valence-corrected chi connectivity index (χ2v) is 5.66. The van der Waals surface area contributed by atoms with Crippen molar-refractivity contribution in [2.45, 2.75) is 78.8 Å². The van der Waals surface area contributed by atoms with E-state index < -0.39 is 0 Å². The van der Waals surface area contributed by atoms with Crippen molar-refractivity contribution < 1.29 is 4.79 Å². The molecule has 0 aliphatic carbocycles. The lowest BCUT2D eigenvalue weighted by atomic mass is 10.0. The van der Waals surface area contributed by atoms with Crippen LogP contribution in [0.4, 0.5) is 0 Å². The van der Waals surface area contributed by atoms with E-state index in [2.05, 4.69) is 38.3 Å². The van der Waals surface area contributed by atoms with Gasteiger partial charge in [-0.1, -0.05) is 47.0 Å². The summed E-state index contributed by atoms with van der Waals surface area (Å²) in [5, 5.41) is 6.45. The molecule has 0 aliphatic heterocycles. The minimum Gasteiger partial charge on any atom is -0.354 e. The number of carbonyl (C=O) groups excluding carboxylic acids is 1. The fourth-order valence-electron chi connectivity index (χ4n) is 2.00. The molecule has 3 nitrogen and oxygen atoms in total. The molecule has 0 aromatic rings. The van der Waals surface area contributed by atoms with Crippen LogP contribution in [0.2, 0.25) is 0 Å². The number of amides is 1. The molecule has 0 bridgehead atoms. The molecule has 0 fully saturated rings. The van der Waals surface area contributed by atoms with Gasteiger partial charge in [0.15, 0.2) is 0 Å². The first-order valence-corrected chi connectivity index (χ1v) is 7.54. The van der Waals surface area contributed by atoms with Gasteiger partial charge in [-0.3, -0.25) is 4.79 Å². The van der Waals surface area contributed by atoms with E-state index in [0.29, 0.717) is 12.0 Å². The first kappa shape index (κ1) is 17.4. The predicted octanol–water partition coefficient (Wildman–Crippen LogP) is 3.10. The van der Waals surface area contributed by atoms with Gasteiger partial charge in [-0.2, -0.15) is 0 Å². The van der Waals surface area contributed by atoms with Gasteiger partial charge in [0, 0.05) is 12.6 Å². The van der Waals surface area contributed by atoms with E-state index in [1.54, 1.807) is 0 Å². The Balaban J connectivity index is 4.05. The Hall–Kier alpha value is -0.570. The van der Waals surface area contributed by atoms with Crippen LogP contribution in [-0.4, -0.2) is 24.5 Å². The van der Waals surface area contributed by atoms with Gasteiger partial charge in [0.05, 0.1) is 6.04 Å². The Kier molecular flexibility index (Phi) is 10.0. The molecule has 2 N–H and O–H groups in total. The highest BCUT2D eigenvalue weighted by Crippen LogP contribution is 2.07. The van der Waals surface area contributed by atoms with Crippen molar-refractivity contribution in [3.05, 3.63) is 0 Å². The Labute approximate surface area is 113 Å². The lowest BCUT2D eigenvalue weighted by Crippen LogP contribution is -2.47. The summed E-state index contributed by atoms with van der Waals surface area (Å²) in [6, 6.07) is 0.395. The minimum absolute atomic E-state index is 0.0860. The van der Waals surface area contributed by atoms with E-state index in [1.807, 2.05) is 6.92 Å². The summed E-state index contributed by atoms with van der Waals surface area (Å²) in [6.45, 7) is 11.4. The maximum Gasteiger partial charge on any atom is 0.236 e. The average Bonchev–Trinajstić information content (AvgIpc) is 2.33. The summed E-state index contributed by atoms with van der Waals surface area (Å²) in [5.74, 6) is 0.633. The average molecular weight is 256 g/mol. The molecule has 0 saturated carbocycles. The topological polar surface area (TPSA) is 41.1 Å². The van der Waals surface area contributed by atoms with Gasteiger partial charge in [0.2, 0.25) is 5.91 Å². The van der Waals surface area contributed by atoms with Gasteiger partial charge >= 0.3 is 0 Å². The maximum atomic E-state index is 11.9. The van der Waals surface area contributed by atoms with Gasteiger partial charge in [-0.25, -0.2) is 0 Å². The van der Waals surface area contributed by atoms with Crippen LogP contribution in [0, 0.1) is 5.92 Å². The van der Waals surface area contributed by atoms with E-state index in [-0.39, 0.29) is 11.9 Å². The van der Waals surface area contributed by atoms with E-state index in [9.17, 15) is 4.79 Å². The molecule has 0 heterocycles. The van der Waals surface area contributed by atoms with Gasteiger partial charge in [0.1, 0.15) is 0 Å². The second-order valence-electron chi connectivity index (χ2n) is 5.66. The van der Waals surface area contributed by atoms with Crippen LogP contribution < -0.4 is 10.6 Å². The zero-order chi connectivity index (χ0) is 14.0. The number of rotatable bonds is 10. The number of carbonyl (C=O) groups is 1. The highest BCUT2D eigenvalue weighted by molar-refractivity contribution is 5.81. The third kappa shape index (κ3) is 8.51. The van der Waals surface area contributed by atoms with Gasteiger partial charge < -0.3 is 10.6 Å². The molecule has 3 heteroatoms. The summed E-state index contributed by atoms with van der Waals surface area (Å²) < 4.78 is 0. The predicted molar refractivity (Wildman–Crippen MR) is 78.7 cm³/mol. The van der Waals surface area contributed by atoms with Crippen molar-refractivity contribution in [2.24, 2.45) is 5.92 Å². The van der Waals surface area contributed by atoms with Crippen LogP contribution >= 0.6 is 0 Å². The number of nitrogens with one attached hydrogen (secondary N) is 2. The molecule has 0 saturated heterocycles. The van der Waals surface area contributed by atoms with E-state index in [0.717, 1.165) is 13.0 Å². The van der Waals surface area contributed by atoms with E-state index in [4.69, 9.17) is 0 Å². The molecule has 0 aromatic carbocycles. The van der Waals surface area contributed by atoms with Crippen molar-refractivity contribution in [2.75, 3.05) is 6.54 Å². The molecule has 0 aliphatic rings. The van der Waals surface area contributed by atoms with Crippen LogP contribution in [0.25, 0.3) is 0 Å². The van der Waals surface area contributed by atoms with Gasteiger partial charge in [-0.15, -0.1) is 0 Å². The molecule has 0 rings (SSSR count). The summed E-state index contributed by atoms with van der Waals surface area (Å²) in [7, 11) is 0. The van der Waals surface area contributed by atoms with Crippen molar-refractivity contribution in [3.63, 3.8) is 0 Å². The third-order valence-corrected chi connectivity index (χ3v) is 3.11. The molecular weight excluding hydrogens is 224 g/mol. The molecule has 2 unspecified atom stereocenters. The van der Waals surface area contributed by atoms with Crippen molar-refractivity contribution in [3.8, 4) is 0 Å². The molecule has 108 valence electrons. The second kappa shape index (κ2) is 10.4. The van der Waals surface area contributed by atoms with Crippen molar-refractivity contribution in [1.82, 2.24) is 10.6 Å². The molecule has 18 heavy (non-hydrogen) atoms. The summed E-state index contributed by atoms with van der Waals surface area (Å²) in [4.78, 5) is 11.9. The van der Waals surface area contributed by atoms with Gasteiger partial charge in [0.25, 0.3) is 0 Å². The summed E-state index contributed by atoms with van der Waals surface area (Å²) in [5.41, 5.74) is 0. The van der Waals surface area contributed by atoms with Crippen LogP contribution in [-0.2, 0) is 4.79 Å². The Bertz CT molecular complexity index is 217. The van der Waals surface area contributed by atoms with Crippen molar-refractivity contribution in [1.29, 1.82) is 0 Å². The molecule has 2 atom stereocenters. The zero-order valence-electron chi connectivity index (χ0n) is 12.9. The first-order chi connectivity index (χ1) is 8.51. The smallest absolute Gasteiger partial charge is 0.236 e. The monoisotopic (exact) mass is 256 g/mol. The van der Waals surface area contributed by atoms with Crippen LogP contribution in [0.3, 0.4) is 0 Å². The molecular formula is C15H32N2O. The first-order valence-electron chi connectivity index (χ1n) is 7.54. The number of hydrogen-bond donors (Lipinski definition) is 2. The highest BCUT2D eigenvalue weighted by Gasteiger charge is 2.16. The van der Waals surface area contributed by atoms with Crippen molar-refractivity contribution >= 4 is 5.91 Å². The zero-order valence-corrected chi connectivity index (χ0v) is 12.9. The molecule has 0 radical (unpaired) electrons. The quantitative estimate of drug-likeness (QED) is 0.630. The Morgan fingerprint density at radius 3 is 2.22 bits per heavy atom. The van der Waals surface area contributed by atoms with E-state index >= 15 is 0 Å². The lowest BCUT2D eigenvalue weighted by molar-refractivity contribution is -0.123.